The van der Waals surface area contributed by atoms with Gasteiger partial charge in [0.05, 0.1) is 42.2 Å². The fourth-order valence-corrected chi connectivity index (χ4v) is 4.57. The van der Waals surface area contributed by atoms with Crippen molar-refractivity contribution in [3.63, 3.8) is 0 Å². The summed E-state index contributed by atoms with van der Waals surface area (Å²) < 4.78 is 27.2. The second-order valence-corrected chi connectivity index (χ2v) is 8.71. The normalized spacial score (nSPS) is 15.9. The van der Waals surface area contributed by atoms with Crippen LogP contribution in [0, 0.1) is 10.1 Å². The van der Waals surface area contributed by atoms with Crippen molar-refractivity contribution in [1.82, 2.24) is 4.31 Å². The minimum Gasteiger partial charge on any atom is -0.258 e. The Morgan fingerprint density at radius 3 is 2.26 bits per heavy atom. The molecule has 0 bridgehead atoms. The van der Waals surface area contributed by atoms with Gasteiger partial charge in [-0.05, 0) is 29.7 Å². The van der Waals surface area contributed by atoms with Crippen molar-refractivity contribution in [2.24, 2.45) is 0 Å². The summed E-state index contributed by atoms with van der Waals surface area (Å²) >= 11 is 0. The van der Waals surface area contributed by atoms with Crippen molar-refractivity contribution in [3.05, 3.63) is 58.3 Å². The maximum atomic E-state index is 12.9. The smallest absolute Gasteiger partial charge is 0.258 e. The number of sulfonamides is 1. The van der Waals surface area contributed by atoms with Crippen LogP contribution in [0.5, 0.6) is 0 Å². The van der Waals surface area contributed by atoms with E-state index in [4.69, 9.17) is 0 Å². The van der Waals surface area contributed by atoms with Crippen LogP contribution < -0.4 is 9.88 Å². The van der Waals surface area contributed by atoms with Crippen molar-refractivity contribution in [2.75, 3.05) is 31.1 Å². The maximum absolute atomic E-state index is 12.9. The molecule has 0 unspecified atom stereocenters. The molecule has 27 heavy (non-hydrogen) atoms. The number of aromatic nitrogens is 1. The third-order valence-electron chi connectivity index (χ3n) is 4.75. The van der Waals surface area contributed by atoms with Crippen molar-refractivity contribution >= 4 is 21.5 Å². The van der Waals surface area contributed by atoms with Gasteiger partial charge >= 0.3 is 11.5 Å². The molecule has 1 aromatic carbocycles. The summed E-state index contributed by atoms with van der Waals surface area (Å²) in [6.07, 6.45) is 1.63. The van der Waals surface area contributed by atoms with Gasteiger partial charge in [-0.3, -0.25) is 15.0 Å². The van der Waals surface area contributed by atoms with Gasteiger partial charge < -0.3 is 0 Å². The lowest BCUT2D eigenvalue weighted by Crippen LogP contribution is -2.50. The average molecular weight is 391 g/mol. The number of hydrogen-bond donors (Lipinski definition) is 0. The number of piperazine rings is 1. The molecule has 1 N–H and O–H groups in total. The number of aromatic amines is 1. The third-order valence-corrected chi connectivity index (χ3v) is 6.66. The van der Waals surface area contributed by atoms with Crippen molar-refractivity contribution in [1.29, 1.82) is 0 Å². The Labute approximate surface area is 158 Å². The molecule has 0 amide bonds. The monoisotopic (exact) mass is 391 g/mol. The summed E-state index contributed by atoms with van der Waals surface area (Å²) in [5, 5.41) is 11.2. The topological polar surface area (TPSA) is 97.9 Å². The Kier molecular flexibility index (Phi) is 5.43. The Bertz CT molecular complexity index is 921. The predicted molar refractivity (Wildman–Crippen MR) is 101 cm³/mol. The molecule has 2 heterocycles. The Hall–Kier alpha value is -2.52. The molecule has 9 heteroatoms. The average Bonchev–Trinajstić information content (AvgIpc) is 2.68. The molecule has 1 aromatic heterocycles. The molecule has 0 radical (unpaired) electrons. The van der Waals surface area contributed by atoms with E-state index >= 15 is 0 Å². The van der Waals surface area contributed by atoms with Gasteiger partial charge in [0.1, 0.15) is 0 Å². The fourth-order valence-electron chi connectivity index (χ4n) is 3.15. The van der Waals surface area contributed by atoms with Crippen LogP contribution in [0.3, 0.4) is 0 Å². The standard InChI is InChI=1S/C18H22N4O4S/c1-14(2)15-5-7-16(8-6-15)27(25,26)21-12-10-20(11-13-21)18-17(22(23)24)4-3-9-19-18/h3-9,14H,10-13H2,1-2H3/p+1. The minimum atomic E-state index is -3.57. The molecular weight excluding hydrogens is 368 g/mol. The van der Waals surface area contributed by atoms with E-state index in [2.05, 4.69) is 18.8 Å². The second kappa shape index (κ2) is 7.61. The molecule has 8 nitrogen and oxygen atoms in total. The van der Waals surface area contributed by atoms with Gasteiger partial charge in [0.2, 0.25) is 10.0 Å². The van der Waals surface area contributed by atoms with Gasteiger partial charge in [0.15, 0.2) is 0 Å². The van der Waals surface area contributed by atoms with Gasteiger partial charge in [-0.25, -0.2) is 13.4 Å². The number of benzene rings is 1. The highest BCUT2D eigenvalue weighted by atomic mass is 32.2. The molecule has 0 aliphatic carbocycles. The summed E-state index contributed by atoms with van der Waals surface area (Å²) in [5.74, 6) is 0.740. The summed E-state index contributed by atoms with van der Waals surface area (Å²) in [6, 6.07) is 9.99. The molecule has 1 aliphatic heterocycles. The van der Waals surface area contributed by atoms with E-state index in [9.17, 15) is 18.5 Å². The molecule has 1 fully saturated rings. The molecule has 0 spiro atoms. The quantitative estimate of drug-likeness (QED) is 0.574. The number of nitrogens with one attached hydrogen (secondary N) is 1. The zero-order chi connectivity index (χ0) is 19.6. The van der Waals surface area contributed by atoms with Crippen LogP contribution >= 0.6 is 0 Å². The van der Waals surface area contributed by atoms with E-state index in [0.717, 1.165) is 5.56 Å². The van der Waals surface area contributed by atoms with Crippen LogP contribution in [0.25, 0.3) is 0 Å². The number of nitro groups is 1. The largest absolute Gasteiger partial charge is 0.357 e. The fraction of sp³-hybridized carbons (Fsp3) is 0.389. The van der Waals surface area contributed by atoms with E-state index in [1.54, 1.807) is 24.4 Å². The first kappa shape index (κ1) is 19.2. The van der Waals surface area contributed by atoms with E-state index in [1.165, 1.54) is 10.4 Å². The van der Waals surface area contributed by atoms with Crippen LogP contribution in [0.1, 0.15) is 25.3 Å². The van der Waals surface area contributed by atoms with E-state index in [1.807, 2.05) is 17.0 Å². The van der Waals surface area contributed by atoms with E-state index in [-0.39, 0.29) is 23.7 Å². The molecule has 144 valence electrons. The number of nitrogens with zero attached hydrogens (tertiary/aromatic N) is 3. The molecule has 2 aromatic rings. The summed E-state index contributed by atoms with van der Waals surface area (Å²) in [4.78, 5) is 15.8. The number of H-pyrrole nitrogens is 1. The van der Waals surface area contributed by atoms with E-state index in [0.29, 0.717) is 24.8 Å². The van der Waals surface area contributed by atoms with E-state index < -0.39 is 14.9 Å². The number of pyridine rings is 1. The zero-order valence-corrected chi connectivity index (χ0v) is 16.1. The SMILES string of the molecule is CC(C)c1ccc(S(=O)(=O)N2CCN(c3[nH+]cccc3[N+](=O)[O-])CC2)cc1. The Morgan fingerprint density at radius 2 is 1.70 bits per heavy atom. The molecule has 1 aliphatic rings. The maximum Gasteiger partial charge on any atom is 0.357 e. The highest BCUT2D eigenvalue weighted by Crippen LogP contribution is 2.25. The molecule has 0 atom stereocenters. The minimum absolute atomic E-state index is 0.0157. The first-order valence-electron chi connectivity index (χ1n) is 8.81. The van der Waals surface area contributed by atoms with Gasteiger partial charge in [0, 0.05) is 6.07 Å². The van der Waals surface area contributed by atoms with Crippen LogP contribution in [0.4, 0.5) is 11.5 Å². The van der Waals surface area contributed by atoms with Crippen molar-refractivity contribution in [3.8, 4) is 0 Å². The summed E-state index contributed by atoms with van der Waals surface area (Å²) in [5.41, 5.74) is 1.07. The van der Waals surface area contributed by atoms with Crippen LogP contribution in [0.2, 0.25) is 0 Å². The molecule has 0 saturated carbocycles. The van der Waals surface area contributed by atoms with Gasteiger partial charge in [0.25, 0.3) is 0 Å². The lowest BCUT2D eigenvalue weighted by Gasteiger charge is -2.30. The number of rotatable bonds is 5. The molecular formula is C18H23N4O4S+. The lowest BCUT2D eigenvalue weighted by molar-refractivity contribution is -0.411. The van der Waals surface area contributed by atoms with Crippen molar-refractivity contribution in [2.45, 2.75) is 24.7 Å². The lowest BCUT2D eigenvalue weighted by atomic mass is 10.0. The van der Waals surface area contributed by atoms with Crippen LogP contribution in [0.15, 0.2) is 47.5 Å². The molecule has 3 rings (SSSR count). The van der Waals surface area contributed by atoms with Crippen LogP contribution in [-0.2, 0) is 10.0 Å². The van der Waals surface area contributed by atoms with Gasteiger partial charge in [-0.2, -0.15) is 4.31 Å². The predicted octanol–water partition coefficient (Wildman–Crippen LogP) is 2.04. The number of anilines is 1. The Morgan fingerprint density at radius 1 is 1.07 bits per heavy atom. The van der Waals surface area contributed by atoms with Gasteiger partial charge in [-0.15, -0.1) is 0 Å². The van der Waals surface area contributed by atoms with Crippen LogP contribution in [-0.4, -0.2) is 43.8 Å². The molecule has 1 saturated heterocycles. The number of hydrogen-bond acceptors (Lipinski definition) is 5. The first-order chi connectivity index (χ1) is 12.8. The highest BCUT2D eigenvalue weighted by molar-refractivity contribution is 7.89. The second-order valence-electron chi connectivity index (χ2n) is 6.78. The summed E-state index contributed by atoms with van der Waals surface area (Å²) in [7, 11) is -3.57. The third kappa shape index (κ3) is 3.93. The van der Waals surface area contributed by atoms with Crippen molar-refractivity contribution < 1.29 is 18.3 Å². The first-order valence-corrected chi connectivity index (χ1v) is 10.2. The Balaban J connectivity index is 1.74. The summed E-state index contributed by atoms with van der Waals surface area (Å²) in [6.45, 7) is 5.42. The zero-order valence-electron chi connectivity index (χ0n) is 15.3. The van der Waals surface area contributed by atoms with Gasteiger partial charge in [-0.1, -0.05) is 26.0 Å². The highest BCUT2D eigenvalue weighted by Gasteiger charge is 2.35.